The van der Waals surface area contributed by atoms with Crippen LogP contribution in [0.2, 0.25) is 18.1 Å². The Morgan fingerprint density at radius 3 is 2.28 bits per heavy atom. The average molecular weight is 524 g/mol. The first-order valence-electron chi connectivity index (χ1n) is 12.5. The largest absolute Gasteiger partial charge is 0.446 e. The second kappa shape index (κ2) is 9.73. The molecule has 1 atom stereocenters. The number of carbonyl (C=O) groups is 3. The highest BCUT2D eigenvalue weighted by atomic mass is 28.4. The van der Waals surface area contributed by atoms with Crippen molar-refractivity contribution in [3.05, 3.63) is 29.3 Å². The van der Waals surface area contributed by atoms with Crippen molar-refractivity contribution in [1.29, 1.82) is 0 Å². The normalized spacial score (nSPS) is 25.1. The Bertz CT molecular complexity index is 1030. The van der Waals surface area contributed by atoms with E-state index in [0.29, 0.717) is 31.6 Å². The number of ether oxygens (including phenoxy) is 1. The maximum atomic E-state index is 14.8. The molecule has 0 aromatic heterocycles. The Labute approximate surface area is 211 Å². The number of hydrogen-bond donors (Lipinski definition) is 2. The van der Waals surface area contributed by atoms with Gasteiger partial charge in [-0.05, 0) is 36.7 Å². The Morgan fingerprint density at radius 1 is 1.11 bits per heavy atom. The molecule has 3 aliphatic rings. The molecule has 0 unspecified atom stereocenters. The lowest BCUT2D eigenvalue weighted by molar-refractivity contribution is -0.134. The highest BCUT2D eigenvalue weighted by molar-refractivity contribution is 6.74. The van der Waals surface area contributed by atoms with E-state index in [1.807, 2.05) is 0 Å². The van der Waals surface area contributed by atoms with E-state index in [1.54, 1.807) is 4.90 Å². The Kier molecular flexibility index (Phi) is 7.17. The van der Waals surface area contributed by atoms with Gasteiger partial charge in [0.1, 0.15) is 17.7 Å². The monoisotopic (exact) mass is 523 g/mol. The standard InChI is InChI=1S/C25H35F2N3O5Si/c1-25(2,3)36(4,5)35-17-10-16(11-17)34-24(33)28-14-12-30(13-14)15-8-19(26)22(20(27)9-15)18-6-7-21(31)29-23(18)32/h8-9,14,16-18H,6-7,10-13H2,1-5H3,(H,28,33)(H,29,31,32)/t16?,17?,18-/m1/s1. The number of carbonyl (C=O) groups excluding carboxylic acids is 3. The molecule has 3 amide bonds. The number of rotatable bonds is 6. The minimum atomic E-state index is -1.85. The molecule has 0 spiro atoms. The van der Waals surface area contributed by atoms with Crippen molar-refractivity contribution in [2.24, 2.45) is 0 Å². The number of alkyl carbamates (subject to hydrolysis) is 1. The second-order valence-corrected chi connectivity index (χ2v) is 16.3. The smallest absolute Gasteiger partial charge is 0.407 e. The van der Waals surface area contributed by atoms with Crippen molar-refractivity contribution < 1.29 is 32.3 Å². The lowest BCUT2D eigenvalue weighted by Gasteiger charge is -2.45. The van der Waals surface area contributed by atoms with Crippen LogP contribution < -0.4 is 15.5 Å². The summed E-state index contributed by atoms with van der Waals surface area (Å²) >= 11 is 0. The van der Waals surface area contributed by atoms with E-state index in [1.165, 1.54) is 12.1 Å². The molecule has 2 heterocycles. The quantitative estimate of drug-likeness (QED) is 0.433. The number of halogens is 2. The van der Waals surface area contributed by atoms with Crippen LogP contribution in [0, 0.1) is 11.6 Å². The molecule has 1 aliphatic carbocycles. The van der Waals surface area contributed by atoms with Gasteiger partial charge in [-0.1, -0.05) is 20.8 Å². The zero-order valence-electron chi connectivity index (χ0n) is 21.5. The van der Waals surface area contributed by atoms with Crippen LogP contribution >= 0.6 is 0 Å². The second-order valence-electron chi connectivity index (χ2n) is 11.6. The van der Waals surface area contributed by atoms with Gasteiger partial charge >= 0.3 is 6.09 Å². The van der Waals surface area contributed by atoms with Crippen LogP contribution in [-0.2, 0) is 18.8 Å². The molecule has 2 aliphatic heterocycles. The summed E-state index contributed by atoms with van der Waals surface area (Å²) in [6, 6.07) is 2.18. The molecular weight excluding hydrogens is 488 g/mol. The number of amides is 3. The number of imide groups is 1. The van der Waals surface area contributed by atoms with Gasteiger partial charge in [0.25, 0.3) is 0 Å². The zero-order valence-corrected chi connectivity index (χ0v) is 22.5. The van der Waals surface area contributed by atoms with Gasteiger partial charge in [0.2, 0.25) is 11.8 Å². The van der Waals surface area contributed by atoms with Gasteiger partial charge in [0.05, 0.1) is 18.1 Å². The van der Waals surface area contributed by atoms with Gasteiger partial charge in [-0.2, -0.15) is 0 Å². The summed E-state index contributed by atoms with van der Waals surface area (Å²) in [5.74, 6) is -3.81. The van der Waals surface area contributed by atoms with Gasteiger partial charge in [-0.15, -0.1) is 0 Å². The van der Waals surface area contributed by atoms with Crippen LogP contribution in [0.1, 0.15) is 57.9 Å². The highest BCUT2D eigenvalue weighted by Gasteiger charge is 2.43. The Hall–Kier alpha value is -2.53. The van der Waals surface area contributed by atoms with Gasteiger partial charge in [0.15, 0.2) is 8.32 Å². The lowest BCUT2D eigenvalue weighted by atomic mass is 9.89. The van der Waals surface area contributed by atoms with Crippen molar-refractivity contribution in [2.45, 2.75) is 88.8 Å². The van der Waals surface area contributed by atoms with Crippen LogP contribution in [-0.4, -0.2) is 57.6 Å². The summed E-state index contributed by atoms with van der Waals surface area (Å²) in [6.45, 7) is 11.7. The molecule has 1 aromatic carbocycles. The molecule has 2 saturated heterocycles. The first kappa shape index (κ1) is 26.5. The number of hydrogen-bond acceptors (Lipinski definition) is 6. The third-order valence-electron chi connectivity index (χ3n) is 7.81. The fourth-order valence-electron chi connectivity index (χ4n) is 4.49. The van der Waals surface area contributed by atoms with Crippen LogP contribution in [0.4, 0.5) is 19.3 Å². The summed E-state index contributed by atoms with van der Waals surface area (Å²) in [7, 11) is -1.85. The number of nitrogens with zero attached hydrogens (tertiary/aromatic N) is 1. The molecule has 11 heteroatoms. The number of nitrogens with one attached hydrogen (secondary N) is 2. The number of anilines is 1. The van der Waals surface area contributed by atoms with Crippen LogP contribution in [0.15, 0.2) is 12.1 Å². The van der Waals surface area contributed by atoms with E-state index in [2.05, 4.69) is 44.5 Å². The van der Waals surface area contributed by atoms with Gasteiger partial charge in [-0.25, -0.2) is 13.6 Å². The van der Waals surface area contributed by atoms with E-state index >= 15 is 0 Å². The van der Waals surface area contributed by atoms with E-state index in [4.69, 9.17) is 9.16 Å². The first-order chi connectivity index (χ1) is 16.7. The molecule has 8 nitrogen and oxygen atoms in total. The number of benzene rings is 1. The molecule has 0 bridgehead atoms. The van der Waals surface area contributed by atoms with E-state index in [0.717, 1.165) is 0 Å². The molecule has 2 N–H and O–H groups in total. The van der Waals surface area contributed by atoms with Crippen molar-refractivity contribution in [3.8, 4) is 0 Å². The third kappa shape index (κ3) is 5.56. The lowest BCUT2D eigenvalue weighted by Crippen LogP contribution is -2.60. The van der Waals surface area contributed by atoms with Crippen molar-refractivity contribution in [1.82, 2.24) is 10.6 Å². The van der Waals surface area contributed by atoms with E-state index < -0.39 is 43.8 Å². The molecule has 1 aromatic rings. The summed E-state index contributed by atoms with van der Waals surface area (Å²) in [5.41, 5.74) is 0.0101. The topological polar surface area (TPSA) is 97.0 Å². The summed E-state index contributed by atoms with van der Waals surface area (Å²) in [5, 5.41) is 5.05. The predicted molar refractivity (Wildman–Crippen MR) is 132 cm³/mol. The minimum absolute atomic E-state index is 0.0395. The highest BCUT2D eigenvalue weighted by Crippen LogP contribution is 2.40. The summed E-state index contributed by atoms with van der Waals surface area (Å²) in [6.07, 6.45) is 0.942. The molecule has 36 heavy (non-hydrogen) atoms. The van der Waals surface area contributed by atoms with Gasteiger partial charge in [-0.3, -0.25) is 14.9 Å². The molecule has 3 fully saturated rings. The van der Waals surface area contributed by atoms with Crippen molar-refractivity contribution >= 4 is 31.9 Å². The molecular formula is C25H35F2N3O5Si. The third-order valence-corrected chi connectivity index (χ3v) is 12.3. The SMILES string of the molecule is CC(C)(C)[Si](C)(C)OC1CC(OC(=O)NC2CN(c3cc(F)c([C@H]4CCC(=O)NC4=O)c(F)c3)C2)C1. The van der Waals surface area contributed by atoms with Crippen molar-refractivity contribution in [3.63, 3.8) is 0 Å². The molecule has 1 saturated carbocycles. The van der Waals surface area contributed by atoms with Gasteiger partial charge < -0.3 is 19.4 Å². The Morgan fingerprint density at radius 2 is 1.72 bits per heavy atom. The fraction of sp³-hybridized carbons (Fsp3) is 0.640. The molecule has 0 radical (unpaired) electrons. The van der Waals surface area contributed by atoms with Crippen LogP contribution in [0.5, 0.6) is 0 Å². The average Bonchev–Trinajstić information content (AvgIpc) is 2.68. The molecule has 4 rings (SSSR count). The summed E-state index contributed by atoms with van der Waals surface area (Å²) in [4.78, 5) is 37.3. The number of piperidine rings is 1. The van der Waals surface area contributed by atoms with Gasteiger partial charge in [0, 0.05) is 43.6 Å². The van der Waals surface area contributed by atoms with Crippen LogP contribution in [0.25, 0.3) is 0 Å². The first-order valence-corrected chi connectivity index (χ1v) is 15.4. The maximum Gasteiger partial charge on any atom is 0.407 e. The van der Waals surface area contributed by atoms with Crippen LogP contribution in [0.3, 0.4) is 0 Å². The summed E-state index contributed by atoms with van der Waals surface area (Å²) < 4.78 is 41.3. The maximum absolute atomic E-state index is 14.8. The molecule has 198 valence electrons. The Balaban J connectivity index is 1.22. The van der Waals surface area contributed by atoms with Crippen molar-refractivity contribution in [2.75, 3.05) is 18.0 Å². The van der Waals surface area contributed by atoms with E-state index in [-0.39, 0.29) is 41.7 Å². The zero-order chi connectivity index (χ0) is 26.4. The fourth-order valence-corrected chi connectivity index (χ4v) is 5.87. The predicted octanol–water partition coefficient (Wildman–Crippen LogP) is 3.95. The minimum Gasteiger partial charge on any atom is -0.446 e. The van der Waals surface area contributed by atoms with E-state index in [9.17, 15) is 23.2 Å².